The molecule has 2 aromatic carbocycles. The van der Waals surface area contributed by atoms with E-state index in [2.05, 4.69) is 26.1 Å². The van der Waals surface area contributed by atoms with Gasteiger partial charge in [-0.25, -0.2) is 0 Å². The number of carbonyl (C=O) groups is 1. The Morgan fingerprint density at radius 3 is 2.54 bits per heavy atom. The molecule has 0 aliphatic carbocycles. The molecule has 0 N–H and O–H groups in total. The van der Waals surface area contributed by atoms with E-state index in [1.165, 1.54) is 4.90 Å². The molecule has 0 bridgehead atoms. The van der Waals surface area contributed by atoms with Gasteiger partial charge in [-0.3, -0.25) is 4.79 Å². The Labute approximate surface area is 159 Å². The molecule has 0 unspecified atom stereocenters. The highest BCUT2D eigenvalue weighted by Crippen LogP contribution is 2.19. The summed E-state index contributed by atoms with van der Waals surface area (Å²) in [5.74, 6) is 1.26. The van der Waals surface area contributed by atoms with E-state index in [0.29, 0.717) is 17.5 Å². The number of amides is 1. The van der Waals surface area contributed by atoms with Gasteiger partial charge in [0.1, 0.15) is 5.75 Å². The van der Waals surface area contributed by atoms with Crippen LogP contribution in [0.2, 0.25) is 0 Å². The average molecular weight is 416 g/mol. The second kappa shape index (κ2) is 8.14. The van der Waals surface area contributed by atoms with Crippen LogP contribution in [-0.4, -0.2) is 34.2 Å². The van der Waals surface area contributed by atoms with Crippen LogP contribution in [0.1, 0.15) is 12.8 Å². The Kier molecular flexibility index (Phi) is 5.68. The lowest BCUT2D eigenvalue weighted by molar-refractivity contribution is -0.137. The maximum Gasteiger partial charge on any atom is 0.263 e. The molecule has 0 saturated carbocycles. The van der Waals surface area contributed by atoms with Crippen LogP contribution in [0.5, 0.6) is 5.75 Å². The average Bonchev–Trinajstić information content (AvgIpc) is 3.12. The van der Waals surface area contributed by atoms with Crippen molar-refractivity contribution in [1.82, 2.24) is 15.1 Å². The smallest absolute Gasteiger partial charge is 0.263 e. The molecular formula is C19H18BrN3O3. The summed E-state index contributed by atoms with van der Waals surface area (Å²) in [6.07, 6.45) is -0.627. The van der Waals surface area contributed by atoms with Crippen LogP contribution < -0.4 is 4.74 Å². The zero-order valence-electron chi connectivity index (χ0n) is 14.4. The SMILES string of the molecule is C[C@H](Oc1ccc(Br)cc1)C(=O)N(C)Cc1nnc(-c2ccccc2)o1. The monoisotopic (exact) mass is 415 g/mol. The fourth-order valence-electron chi connectivity index (χ4n) is 2.37. The van der Waals surface area contributed by atoms with Gasteiger partial charge >= 0.3 is 0 Å². The third-order valence-electron chi connectivity index (χ3n) is 3.71. The lowest BCUT2D eigenvalue weighted by Crippen LogP contribution is -2.37. The van der Waals surface area contributed by atoms with E-state index >= 15 is 0 Å². The van der Waals surface area contributed by atoms with E-state index in [1.54, 1.807) is 26.1 Å². The van der Waals surface area contributed by atoms with Gasteiger partial charge in [-0.2, -0.15) is 0 Å². The van der Waals surface area contributed by atoms with E-state index in [4.69, 9.17) is 9.15 Å². The van der Waals surface area contributed by atoms with Gasteiger partial charge in [0.05, 0.1) is 6.54 Å². The van der Waals surface area contributed by atoms with E-state index < -0.39 is 6.10 Å². The van der Waals surface area contributed by atoms with Gasteiger partial charge < -0.3 is 14.1 Å². The summed E-state index contributed by atoms with van der Waals surface area (Å²) >= 11 is 3.37. The first-order valence-corrected chi connectivity index (χ1v) is 8.87. The lowest BCUT2D eigenvalue weighted by Gasteiger charge is -2.20. The summed E-state index contributed by atoms with van der Waals surface area (Å²) in [5.41, 5.74) is 0.840. The predicted molar refractivity (Wildman–Crippen MR) is 100 cm³/mol. The molecule has 0 saturated heterocycles. The lowest BCUT2D eigenvalue weighted by atomic mass is 10.2. The maximum atomic E-state index is 12.5. The highest BCUT2D eigenvalue weighted by atomic mass is 79.9. The summed E-state index contributed by atoms with van der Waals surface area (Å²) < 4.78 is 12.3. The Bertz CT molecular complexity index is 865. The second-order valence-electron chi connectivity index (χ2n) is 5.78. The van der Waals surface area contributed by atoms with Crippen LogP contribution in [0, 0.1) is 0 Å². The molecule has 1 aromatic heterocycles. The van der Waals surface area contributed by atoms with Crippen LogP contribution >= 0.6 is 15.9 Å². The molecule has 134 valence electrons. The third kappa shape index (κ3) is 4.49. The number of likely N-dealkylation sites (N-methyl/N-ethyl adjacent to an activating group) is 1. The van der Waals surface area contributed by atoms with Gasteiger partial charge in [0.2, 0.25) is 11.8 Å². The van der Waals surface area contributed by atoms with E-state index in [0.717, 1.165) is 10.0 Å². The van der Waals surface area contributed by atoms with Crippen molar-refractivity contribution in [2.45, 2.75) is 19.6 Å². The van der Waals surface area contributed by atoms with Crippen LogP contribution in [0.4, 0.5) is 0 Å². The molecule has 7 heteroatoms. The Morgan fingerprint density at radius 2 is 1.85 bits per heavy atom. The van der Waals surface area contributed by atoms with Gasteiger partial charge in [-0.1, -0.05) is 34.1 Å². The summed E-state index contributed by atoms with van der Waals surface area (Å²) in [5, 5.41) is 8.04. The minimum atomic E-state index is -0.627. The second-order valence-corrected chi connectivity index (χ2v) is 6.69. The van der Waals surface area contributed by atoms with Crippen molar-refractivity contribution in [2.75, 3.05) is 7.05 Å². The van der Waals surface area contributed by atoms with Gasteiger partial charge in [-0.05, 0) is 43.3 Å². The topological polar surface area (TPSA) is 68.5 Å². The normalized spacial score (nSPS) is 11.8. The number of hydrogen-bond acceptors (Lipinski definition) is 5. The number of carbonyl (C=O) groups excluding carboxylic acids is 1. The first-order valence-electron chi connectivity index (χ1n) is 8.08. The van der Waals surface area contributed by atoms with Crippen molar-refractivity contribution < 1.29 is 13.9 Å². The molecule has 0 aliphatic heterocycles. The molecule has 3 rings (SSSR count). The zero-order valence-corrected chi connectivity index (χ0v) is 16.0. The summed E-state index contributed by atoms with van der Waals surface area (Å²) in [7, 11) is 1.68. The first-order chi connectivity index (χ1) is 12.5. The van der Waals surface area contributed by atoms with Crippen molar-refractivity contribution in [3.8, 4) is 17.2 Å². The summed E-state index contributed by atoms with van der Waals surface area (Å²) in [4.78, 5) is 14.0. The van der Waals surface area contributed by atoms with E-state index in [1.807, 2.05) is 42.5 Å². The van der Waals surface area contributed by atoms with Gasteiger partial charge in [0.25, 0.3) is 5.91 Å². The predicted octanol–water partition coefficient (Wildman–Crippen LogP) is 3.93. The maximum absolute atomic E-state index is 12.5. The Hall–Kier alpha value is -2.67. The Balaban J connectivity index is 1.60. The summed E-state index contributed by atoms with van der Waals surface area (Å²) in [6, 6.07) is 16.8. The van der Waals surface area contributed by atoms with Gasteiger partial charge in [0.15, 0.2) is 6.10 Å². The number of benzene rings is 2. The molecule has 0 aliphatic rings. The van der Waals surface area contributed by atoms with Crippen molar-refractivity contribution in [1.29, 1.82) is 0 Å². The molecule has 6 nitrogen and oxygen atoms in total. The van der Waals surface area contributed by atoms with Crippen LogP contribution in [0.3, 0.4) is 0 Å². The standard InChI is InChI=1S/C19H18BrN3O3/c1-13(25-16-10-8-15(20)9-11-16)19(24)23(2)12-17-21-22-18(26-17)14-6-4-3-5-7-14/h3-11,13H,12H2,1-2H3/t13-/m0/s1. The first kappa shape index (κ1) is 18.1. The number of nitrogens with zero attached hydrogens (tertiary/aromatic N) is 3. The van der Waals surface area contributed by atoms with Crippen LogP contribution in [0.15, 0.2) is 63.5 Å². The number of hydrogen-bond donors (Lipinski definition) is 0. The van der Waals surface area contributed by atoms with Gasteiger partial charge in [-0.15, -0.1) is 10.2 Å². The van der Waals surface area contributed by atoms with E-state index in [9.17, 15) is 4.79 Å². The zero-order chi connectivity index (χ0) is 18.5. The number of halogens is 1. The van der Waals surface area contributed by atoms with Crippen molar-refractivity contribution in [3.05, 3.63) is 65.0 Å². The molecule has 0 spiro atoms. The Morgan fingerprint density at radius 1 is 1.15 bits per heavy atom. The van der Waals surface area contributed by atoms with Crippen LogP contribution in [0.25, 0.3) is 11.5 Å². The van der Waals surface area contributed by atoms with E-state index in [-0.39, 0.29) is 12.5 Å². The molecule has 26 heavy (non-hydrogen) atoms. The fraction of sp³-hybridized carbons (Fsp3) is 0.211. The van der Waals surface area contributed by atoms with Crippen molar-refractivity contribution in [3.63, 3.8) is 0 Å². The molecule has 1 atom stereocenters. The number of aromatic nitrogens is 2. The highest BCUT2D eigenvalue weighted by Gasteiger charge is 2.21. The highest BCUT2D eigenvalue weighted by molar-refractivity contribution is 9.10. The molecular weight excluding hydrogens is 398 g/mol. The summed E-state index contributed by atoms with van der Waals surface area (Å²) in [6.45, 7) is 1.93. The minimum absolute atomic E-state index is 0.174. The molecule has 0 fully saturated rings. The van der Waals surface area contributed by atoms with Crippen LogP contribution in [-0.2, 0) is 11.3 Å². The number of rotatable bonds is 6. The fourth-order valence-corrected chi connectivity index (χ4v) is 2.64. The minimum Gasteiger partial charge on any atom is -0.481 e. The van der Waals surface area contributed by atoms with Crippen molar-refractivity contribution >= 4 is 21.8 Å². The third-order valence-corrected chi connectivity index (χ3v) is 4.24. The quantitative estimate of drug-likeness (QED) is 0.609. The molecule has 1 heterocycles. The molecule has 3 aromatic rings. The van der Waals surface area contributed by atoms with Crippen molar-refractivity contribution in [2.24, 2.45) is 0 Å². The number of ether oxygens (including phenoxy) is 1. The van der Waals surface area contributed by atoms with Gasteiger partial charge in [0, 0.05) is 17.1 Å². The molecule has 1 amide bonds. The largest absolute Gasteiger partial charge is 0.481 e. The molecule has 0 radical (unpaired) electrons.